The molecule has 0 amide bonds. The quantitative estimate of drug-likeness (QED) is 0.715. The molecule has 3 aromatic rings. The molecule has 19 heavy (non-hydrogen) atoms. The van der Waals surface area contributed by atoms with Crippen LogP contribution < -0.4 is 0 Å². The largest absolute Gasteiger partial charge is 0.255 e. The van der Waals surface area contributed by atoms with Gasteiger partial charge in [-0.05, 0) is 25.0 Å². The molecule has 4 rings (SSSR count). The molecule has 0 saturated heterocycles. The summed E-state index contributed by atoms with van der Waals surface area (Å²) in [6, 6.07) is 7.78. The Labute approximate surface area is 113 Å². The summed E-state index contributed by atoms with van der Waals surface area (Å²) in [5, 5.41) is 15.0. The molecule has 0 N–H and O–H groups in total. The van der Waals surface area contributed by atoms with E-state index in [1.165, 1.54) is 12.8 Å². The maximum Gasteiger partial charge on any atom is 0.214 e. The molecule has 1 aliphatic rings. The number of hydrogen-bond donors (Lipinski definition) is 0. The first-order chi connectivity index (χ1) is 9.36. The zero-order chi connectivity index (χ0) is 12.8. The lowest BCUT2D eigenvalue weighted by atomic mass is 10.2. The van der Waals surface area contributed by atoms with Crippen LogP contribution in [0.3, 0.4) is 0 Å². The third-order valence-electron chi connectivity index (χ3n) is 3.16. The lowest BCUT2D eigenvalue weighted by Crippen LogP contribution is -1.92. The van der Waals surface area contributed by atoms with Gasteiger partial charge in [-0.25, -0.2) is 4.98 Å². The molecule has 6 heteroatoms. The highest BCUT2D eigenvalue weighted by Crippen LogP contribution is 2.42. The Balaban J connectivity index is 1.92. The molecule has 0 atom stereocenters. The monoisotopic (exact) mass is 267 g/mol. The van der Waals surface area contributed by atoms with E-state index in [0.717, 1.165) is 9.97 Å². The van der Waals surface area contributed by atoms with Gasteiger partial charge in [-0.15, -0.1) is 0 Å². The van der Waals surface area contributed by atoms with Crippen LogP contribution in [0, 0.1) is 11.3 Å². The number of aromatic nitrogens is 4. The lowest BCUT2D eigenvalue weighted by Gasteiger charge is -1.95. The summed E-state index contributed by atoms with van der Waals surface area (Å²) in [5.74, 6) is 0.580. The smallest absolute Gasteiger partial charge is 0.214 e. The van der Waals surface area contributed by atoms with Gasteiger partial charge < -0.3 is 0 Å². The van der Waals surface area contributed by atoms with E-state index in [0.29, 0.717) is 23.0 Å². The minimum absolute atomic E-state index is 0.469. The minimum atomic E-state index is 0.469. The molecule has 1 aliphatic carbocycles. The van der Waals surface area contributed by atoms with Crippen molar-refractivity contribution in [3.05, 3.63) is 35.1 Å². The summed E-state index contributed by atoms with van der Waals surface area (Å²) < 4.78 is 1.66. The fourth-order valence-corrected chi connectivity index (χ4v) is 3.11. The summed E-state index contributed by atoms with van der Waals surface area (Å²) in [5.41, 5.74) is 1.80. The van der Waals surface area contributed by atoms with E-state index in [1.54, 1.807) is 22.0 Å². The van der Waals surface area contributed by atoms with E-state index in [4.69, 9.17) is 0 Å². The maximum absolute atomic E-state index is 9.36. The molecule has 0 unspecified atom stereocenters. The van der Waals surface area contributed by atoms with Gasteiger partial charge in [0.2, 0.25) is 4.96 Å². The Hall–Kier alpha value is -2.26. The lowest BCUT2D eigenvalue weighted by molar-refractivity contribution is 0.893. The van der Waals surface area contributed by atoms with Crippen molar-refractivity contribution < 1.29 is 0 Å². The van der Waals surface area contributed by atoms with E-state index in [1.807, 2.05) is 18.2 Å². The van der Waals surface area contributed by atoms with Gasteiger partial charge in [0.25, 0.3) is 0 Å². The second-order valence-corrected chi connectivity index (χ2v) is 5.53. The first-order valence-corrected chi connectivity index (χ1v) is 6.89. The van der Waals surface area contributed by atoms with Crippen molar-refractivity contribution in [3.8, 4) is 17.5 Å². The van der Waals surface area contributed by atoms with E-state index in [9.17, 15) is 5.26 Å². The van der Waals surface area contributed by atoms with Crippen molar-refractivity contribution >= 4 is 16.3 Å². The Morgan fingerprint density at radius 1 is 1.37 bits per heavy atom. The van der Waals surface area contributed by atoms with Crippen molar-refractivity contribution in [2.45, 2.75) is 18.8 Å². The molecule has 1 fully saturated rings. The van der Waals surface area contributed by atoms with Crippen molar-refractivity contribution in [1.29, 1.82) is 5.26 Å². The SMILES string of the molecule is N#Cc1c(-c2ccccn2)nc2sc(C3CC3)nn12. The summed E-state index contributed by atoms with van der Waals surface area (Å²) in [4.78, 5) is 9.55. The fourth-order valence-electron chi connectivity index (χ4n) is 2.04. The van der Waals surface area contributed by atoms with Gasteiger partial charge in [-0.2, -0.15) is 14.9 Å². The summed E-state index contributed by atoms with van der Waals surface area (Å²) in [7, 11) is 0. The van der Waals surface area contributed by atoms with Crippen LogP contribution in [0.25, 0.3) is 16.3 Å². The predicted octanol–water partition coefficient (Wildman–Crippen LogP) is 2.60. The first-order valence-electron chi connectivity index (χ1n) is 6.08. The first kappa shape index (κ1) is 10.6. The number of hydrogen-bond acceptors (Lipinski definition) is 5. The Morgan fingerprint density at radius 3 is 2.95 bits per heavy atom. The van der Waals surface area contributed by atoms with E-state index >= 15 is 0 Å². The normalized spacial score (nSPS) is 14.7. The van der Waals surface area contributed by atoms with Crippen LogP contribution in [-0.2, 0) is 0 Å². The number of pyridine rings is 1. The van der Waals surface area contributed by atoms with Crippen LogP contribution in [0.15, 0.2) is 24.4 Å². The van der Waals surface area contributed by atoms with Gasteiger partial charge in [0, 0.05) is 12.1 Å². The summed E-state index contributed by atoms with van der Waals surface area (Å²) in [6.45, 7) is 0. The molecule has 1 saturated carbocycles. The number of imidazole rings is 1. The molecular weight excluding hydrogens is 258 g/mol. The van der Waals surface area contributed by atoms with Crippen LogP contribution in [0.5, 0.6) is 0 Å². The Bertz CT molecular complexity index is 792. The molecule has 0 aromatic carbocycles. The highest BCUT2D eigenvalue weighted by atomic mass is 32.1. The van der Waals surface area contributed by atoms with Crippen LogP contribution in [0.1, 0.15) is 29.5 Å². The zero-order valence-electron chi connectivity index (χ0n) is 9.95. The zero-order valence-corrected chi connectivity index (χ0v) is 10.8. The predicted molar refractivity (Wildman–Crippen MR) is 70.8 cm³/mol. The molecule has 92 valence electrons. The van der Waals surface area contributed by atoms with Crippen LogP contribution >= 0.6 is 11.3 Å². The van der Waals surface area contributed by atoms with Gasteiger partial charge in [0.1, 0.15) is 16.8 Å². The average Bonchev–Trinajstić information content (AvgIpc) is 3.12. The molecular formula is C13H9N5S. The molecule has 0 radical (unpaired) electrons. The molecule has 3 heterocycles. The topological polar surface area (TPSA) is 66.9 Å². The van der Waals surface area contributed by atoms with Gasteiger partial charge in [-0.3, -0.25) is 4.98 Å². The second-order valence-electron chi connectivity index (χ2n) is 4.54. The standard InChI is InChI=1S/C13H9N5S/c14-7-10-11(9-3-1-2-6-15-9)16-13-18(10)17-12(19-13)8-4-5-8/h1-3,6,8H,4-5H2. The van der Waals surface area contributed by atoms with Crippen molar-refractivity contribution in [2.75, 3.05) is 0 Å². The van der Waals surface area contributed by atoms with E-state index in [-0.39, 0.29) is 0 Å². The number of fused-ring (bicyclic) bond motifs is 1. The van der Waals surface area contributed by atoms with E-state index < -0.39 is 0 Å². The third kappa shape index (κ3) is 1.63. The molecule has 5 nitrogen and oxygen atoms in total. The van der Waals surface area contributed by atoms with Crippen molar-refractivity contribution in [2.24, 2.45) is 0 Å². The molecule has 3 aromatic heterocycles. The van der Waals surface area contributed by atoms with Crippen LogP contribution in [0.2, 0.25) is 0 Å². The average molecular weight is 267 g/mol. The van der Waals surface area contributed by atoms with Gasteiger partial charge >= 0.3 is 0 Å². The maximum atomic E-state index is 9.36. The second kappa shape index (κ2) is 3.87. The Morgan fingerprint density at radius 2 is 2.26 bits per heavy atom. The van der Waals surface area contributed by atoms with Gasteiger partial charge in [-0.1, -0.05) is 17.4 Å². The summed E-state index contributed by atoms with van der Waals surface area (Å²) >= 11 is 1.57. The summed E-state index contributed by atoms with van der Waals surface area (Å²) in [6.07, 6.45) is 4.10. The number of nitrogens with zero attached hydrogens (tertiary/aromatic N) is 5. The Kier molecular flexibility index (Phi) is 2.17. The van der Waals surface area contributed by atoms with E-state index in [2.05, 4.69) is 21.1 Å². The molecule has 0 aliphatic heterocycles. The molecule has 0 bridgehead atoms. The molecule has 0 spiro atoms. The van der Waals surface area contributed by atoms with Gasteiger partial charge in [0.05, 0.1) is 5.69 Å². The van der Waals surface area contributed by atoms with Crippen LogP contribution in [-0.4, -0.2) is 19.6 Å². The number of rotatable bonds is 2. The number of nitriles is 1. The fraction of sp³-hybridized carbons (Fsp3) is 0.231. The van der Waals surface area contributed by atoms with Crippen LogP contribution in [0.4, 0.5) is 0 Å². The minimum Gasteiger partial charge on any atom is -0.255 e. The van der Waals surface area contributed by atoms with Crippen molar-refractivity contribution in [3.63, 3.8) is 0 Å². The highest BCUT2D eigenvalue weighted by Gasteiger charge is 2.29. The van der Waals surface area contributed by atoms with Gasteiger partial charge in [0.15, 0.2) is 5.69 Å². The third-order valence-corrected chi connectivity index (χ3v) is 4.23. The highest BCUT2D eigenvalue weighted by molar-refractivity contribution is 7.16. The van der Waals surface area contributed by atoms with Crippen molar-refractivity contribution in [1.82, 2.24) is 19.6 Å².